The standard InChI is InChI=1S/C10H10N4O2S/c11-10(17)13-12-9-4-2-6-1-3-7(14(15)16)5-8(6)9/h1,3,5H,2,4H2,(H3,11,13,17)/b12-9+. The lowest BCUT2D eigenvalue weighted by molar-refractivity contribution is -0.384. The van der Waals surface area contributed by atoms with Crippen molar-refractivity contribution in [1.29, 1.82) is 0 Å². The van der Waals surface area contributed by atoms with Gasteiger partial charge in [-0.2, -0.15) is 5.10 Å². The minimum absolute atomic E-state index is 0.0636. The Bertz CT molecular complexity index is 527. The van der Waals surface area contributed by atoms with Crippen molar-refractivity contribution in [2.45, 2.75) is 12.8 Å². The van der Waals surface area contributed by atoms with Crippen LogP contribution in [0.4, 0.5) is 5.69 Å². The van der Waals surface area contributed by atoms with Gasteiger partial charge in [-0.05, 0) is 30.6 Å². The van der Waals surface area contributed by atoms with Gasteiger partial charge >= 0.3 is 0 Å². The molecule has 3 N–H and O–H groups in total. The van der Waals surface area contributed by atoms with Gasteiger partial charge in [0.05, 0.1) is 10.6 Å². The van der Waals surface area contributed by atoms with E-state index in [9.17, 15) is 10.1 Å². The molecule has 0 saturated heterocycles. The average molecular weight is 250 g/mol. The highest BCUT2D eigenvalue weighted by Crippen LogP contribution is 2.26. The SMILES string of the molecule is NC(=S)N/N=C1\CCc2ccc([N+](=O)[O-])cc21. The maximum atomic E-state index is 10.7. The van der Waals surface area contributed by atoms with Crippen LogP contribution in [0.2, 0.25) is 0 Å². The van der Waals surface area contributed by atoms with E-state index in [1.807, 2.05) is 0 Å². The highest BCUT2D eigenvalue weighted by molar-refractivity contribution is 7.80. The number of thiocarbonyl (C=S) groups is 1. The fourth-order valence-corrected chi connectivity index (χ4v) is 1.84. The number of hydrazone groups is 1. The van der Waals surface area contributed by atoms with Crippen LogP contribution >= 0.6 is 12.2 Å². The molecule has 1 aromatic carbocycles. The Morgan fingerprint density at radius 3 is 2.94 bits per heavy atom. The summed E-state index contributed by atoms with van der Waals surface area (Å²) >= 11 is 4.65. The maximum absolute atomic E-state index is 10.7. The van der Waals surface area contributed by atoms with E-state index in [0.29, 0.717) is 0 Å². The molecule has 0 aliphatic heterocycles. The minimum atomic E-state index is -0.419. The van der Waals surface area contributed by atoms with Crippen molar-refractivity contribution in [2.24, 2.45) is 10.8 Å². The smallest absolute Gasteiger partial charge is 0.270 e. The van der Waals surface area contributed by atoms with Crippen molar-refractivity contribution >= 4 is 28.7 Å². The summed E-state index contributed by atoms with van der Waals surface area (Å²) in [5, 5.41) is 14.8. The lowest BCUT2D eigenvalue weighted by Gasteiger charge is -2.01. The Kier molecular flexibility index (Phi) is 3.01. The second-order valence-electron chi connectivity index (χ2n) is 3.63. The summed E-state index contributed by atoms with van der Waals surface area (Å²) in [4.78, 5) is 10.3. The normalized spacial score (nSPS) is 15.6. The zero-order chi connectivity index (χ0) is 12.4. The minimum Gasteiger partial charge on any atom is -0.375 e. The predicted molar refractivity (Wildman–Crippen MR) is 67.9 cm³/mol. The Balaban J connectivity index is 2.35. The van der Waals surface area contributed by atoms with Gasteiger partial charge in [0.25, 0.3) is 5.69 Å². The number of hydrogen-bond donors (Lipinski definition) is 2. The molecule has 6 nitrogen and oxygen atoms in total. The van der Waals surface area contributed by atoms with Gasteiger partial charge in [-0.1, -0.05) is 6.07 Å². The quantitative estimate of drug-likeness (QED) is 0.465. The van der Waals surface area contributed by atoms with Crippen molar-refractivity contribution < 1.29 is 4.92 Å². The van der Waals surface area contributed by atoms with Crippen LogP contribution in [0.1, 0.15) is 17.5 Å². The topological polar surface area (TPSA) is 93.5 Å². The number of nitro groups is 1. The van der Waals surface area contributed by atoms with Crippen LogP contribution in [-0.4, -0.2) is 15.7 Å². The molecule has 0 aromatic heterocycles. The summed E-state index contributed by atoms with van der Waals surface area (Å²) in [6.07, 6.45) is 1.55. The van der Waals surface area contributed by atoms with Crippen LogP contribution in [0.5, 0.6) is 0 Å². The molecule has 1 aliphatic carbocycles. The first kappa shape index (κ1) is 11.5. The van der Waals surface area contributed by atoms with E-state index in [1.165, 1.54) is 12.1 Å². The maximum Gasteiger partial charge on any atom is 0.270 e. The lowest BCUT2D eigenvalue weighted by Crippen LogP contribution is -2.25. The number of rotatable bonds is 2. The van der Waals surface area contributed by atoms with Crippen LogP contribution in [0.3, 0.4) is 0 Å². The van der Waals surface area contributed by atoms with Crippen LogP contribution in [0.25, 0.3) is 0 Å². The largest absolute Gasteiger partial charge is 0.375 e. The Morgan fingerprint density at radius 1 is 1.53 bits per heavy atom. The number of benzene rings is 1. The Hall–Kier alpha value is -2.02. The lowest BCUT2D eigenvalue weighted by atomic mass is 10.1. The number of nitro benzene ring substituents is 1. The first-order valence-electron chi connectivity index (χ1n) is 4.97. The van der Waals surface area contributed by atoms with Crippen molar-refractivity contribution in [3.8, 4) is 0 Å². The second-order valence-corrected chi connectivity index (χ2v) is 4.07. The van der Waals surface area contributed by atoms with Crippen molar-refractivity contribution in [1.82, 2.24) is 5.43 Å². The molecule has 1 aromatic rings. The summed E-state index contributed by atoms with van der Waals surface area (Å²) in [7, 11) is 0. The second kappa shape index (κ2) is 4.46. The third-order valence-corrected chi connectivity index (χ3v) is 2.64. The van der Waals surface area contributed by atoms with Crippen LogP contribution in [0.15, 0.2) is 23.3 Å². The van der Waals surface area contributed by atoms with Gasteiger partial charge in [0.2, 0.25) is 0 Å². The molecule has 1 aliphatic rings. The molecular weight excluding hydrogens is 240 g/mol. The van der Waals surface area contributed by atoms with Crippen LogP contribution in [-0.2, 0) is 6.42 Å². The number of hydrogen-bond acceptors (Lipinski definition) is 4. The molecule has 0 heterocycles. The fourth-order valence-electron chi connectivity index (χ4n) is 1.79. The van der Waals surface area contributed by atoms with E-state index in [4.69, 9.17) is 5.73 Å². The van der Waals surface area contributed by atoms with Gasteiger partial charge in [-0.15, -0.1) is 0 Å². The van der Waals surface area contributed by atoms with Gasteiger partial charge in [-0.3, -0.25) is 15.5 Å². The molecule has 2 rings (SSSR count). The molecule has 0 spiro atoms. The molecule has 7 heteroatoms. The summed E-state index contributed by atoms with van der Waals surface area (Å²) in [5.74, 6) is 0. The third-order valence-electron chi connectivity index (χ3n) is 2.55. The molecule has 0 bridgehead atoms. The molecule has 0 atom stereocenters. The van der Waals surface area contributed by atoms with E-state index in [0.717, 1.165) is 29.7 Å². The number of fused-ring (bicyclic) bond motifs is 1. The number of nitrogens with one attached hydrogen (secondary N) is 1. The van der Waals surface area contributed by atoms with E-state index in [-0.39, 0.29) is 10.8 Å². The van der Waals surface area contributed by atoms with E-state index in [1.54, 1.807) is 6.07 Å². The Morgan fingerprint density at radius 2 is 2.29 bits per heavy atom. The molecule has 0 saturated carbocycles. The fraction of sp³-hybridized carbons (Fsp3) is 0.200. The molecule has 0 unspecified atom stereocenters. The van der Waals surface area contributed by atoms with Crippen molar-refractivity contribution in [3.63, 3.8) is 0 Å². The van der Waals surface area contributed by atoms with Crippen molar-refractivity contribution in [2.75, 3.05) is 0 Å². The number of nitrogens with zero attached hydrogens (tertiary/aromatic N) is 2. The number of nitrogens with two attached hydrogens (primary N) is 1. The number of non-ortho nitro benzene ring substituents is 1. The zero-order valence-electron chi connectivity index (χ0n) is 8.84. The van der Waals surface area contributed by atoms with Gasteiger partial charge < -0.3 is 5.73 Å². The zero-order valence-corrected chi connectivity index (χ0v) is 9.66. The summed E-state index contributed by atoms with van der Waals surface area (Å²) in [5.41, 5.74) is 10.4. The monoisotopic (exact) mass is 250 g/mol. The third kappa shape index (κ3) is 2.39. The van der Waals surface area contributed by atoms with E-state index < -0.39 is 4.92 Å². The average Bonchev–Trinajstić information content (AvgIpc) is 2.68. The molecule has 0 radical (unpaired) electrons. The van der Waals surface area contributed by atoms with Gasteiger partial charge in [0.15, 0.2) is 5.11 Å². The summed E-state index contributed by atoms with van der Waals surface area (Å²) < 4.78 is 0. The van der Waals surface area contributed by atoms with Gasteiger partial charge in [0.1, 0.15) is 0 Å². The number of aryl methyl sites for hydroxylation is 1. The van der Waals surface area contributed by atoms with Crippen molar-refractivity contribution in [3.05, 3.63) is 39.4 Å². The molecule has 0 amide bonds. The highest BCUT2D eigenvalue weighted by atomic mass is 32.1. The highest BCUT2D eigenvalue weighted by Gasteiger charge is 2.20. The molecule has 88 valence electrons. The molecular formula is C10H10N4O2S. The first-order valence-corrected chi connectivity index (χ1v) is 5.38. The van der Waals surface area contributed by atoms with Gasteiger partial charge in [-0.25, -0.2) is 0 Å². The van der Waals surface area contributed by atoms with Crippen LogP contribution in [0, 0.1) is 10.1 Å². The Labute approximate surface area is 103 Å². The molecule has 17 heavy (non-hydrogen) atoms. The summed E-state index contributed by atoms with van der Waals surface area (Å²) in [6.45, 7) is 0. The van der Waals surface area contributed by atoms with Crippen LogP contribution < -0.4 is 11.2 Å². The predicted octanol–water partition coefficient (Wildman–Crippen LogP) is 1.08. The molecule has 0 fully saturated rings. The van der Waals surface area contributed by atoms with E-state index >= 15 is 0 Å². The van der Waals surface area contributed by atoms with E-state index in [2.05, 4.69) is 22.7 Å². The summed E-state index contributed by atoms with van der Waals surface area (Å²) in [6, 6.07) is 4.79. The van der Waals surface area contributed by atoms with Gasteiger partial charge in [0, 0.05) is 17.7 Å². The first-order chi connectivity index (χ1) is 8.08.